The van der Waals surface area contributed by atoms with Crippen LogP contribution in [0.1, 0.15) is 31.3 Å². The van der Waals surface area contributed by atoms with Crippen molar-refractivity contribution in [1.82, 2.24) is 9.71 Å². The van der Waals surface area contributed by atoms with Crippen LogP contribution in [0.4, 0.5) is 0 Å². The fourth-order valence-electron chi connectivity index (χ4n) is 1.20. The van der Waals surface area contributed by atoms with Crippen LogP contribution < -0.4 is 4.72 Å². The van der Waals surface area contributed by atoms with E-state index in [1.54, 1.807) is 0 Å². The average molecular weight is 306 g/mol. The van der Waals surface area contributed by atoms with Crippen molar-refractivity contribution in [3.8, 4) is 0 Å². The summed E-state index contributed by atoms with van der Waals surface area (Å²) in [6, 6.07) is 0. The van der Waals surface area contributed by atoms with Gasteiger partial charge in [-0.1, -0.05) is 20.8 Å². The van der Waals surface area contributed by atoms with Crippen LogP contribution in [0.5, 0.6) is 0 Å². The van der Waals surface area contributed by atoms with E-state index >= 15 is 0 Å². The molecule has 1 rings (SSSR count). The van der Waals surface area contributed by atoms with Crippen molar-refractivity contribution in [2.24, 2.45) is 11.8 Å². The standard InChI is InChI=1S/C11H18N2O4S2/c1-7(2)8(3)5-13-19(15,16)11-9(10(14)17-4)12-6-18-11/h6-8,13H,5H2,1-4H3. The lowest BCUT2D eigenvalue weighted by atomic mass is 9.99. The van der Waals surface area contributed by atoms with Gasteiger partial charge in [-0.2, -0.15) is 0 Å². The molecule has 1 heterocycles. The number of nitrogens with one attached hydrogen (secondary N) is 1. The molecule has 108 valence electrons. The number of aromatic nitrogens is 1. The minimum atomic E-state index is -3.73. The molecule has 0 spiro atoms. The third-order valence-corrected chi connectivity index (χ3v) is 5.68. The first-order valence-electron chi connectivity index (χ1n) is 5.81. The highest BCUT2D eigenvalue weighted by molar-refractivity contribution is 7.91. The number of hydrogen-bond donors (Lipinski definition) is 1. The number of nitrogens with zero attached hydrogens (tertiary/aromatic N) is 1. The Kier molecular flexibility index (Phi) is 5.45. The number of carbonyl (C=O) groups is 1. The summed E-state index contributed by atoms with van der Waals surface area (Å²) in [7, 11) is -2.54. The normalized spacial score (nSPS) is 13.5. The third kappa shape index (κ3) is 3.99. The average Bonchev–Trinajstić information content (AvgIpc) is 2.84. The molecule has 0 fully saturated rings. The van der Waals surface area contributed by atoms with Gasteiger partial charge in [0.05, 0.1) is 12.6 Å². The largest absolute Gasteiger partial charge is 0.464 e. The SMILES string of the molecule is COC(=O)c1ncsc1S(=O)(=O)NCC(C)C(C)C. The van der Waals surface area contributed by atoms with E-state index in [1.807, 2.05) is 20.8 Å². The Bertz CT molecular complexity index is 537. The van der Waals surface area contributed by atoms with Gasteiger partial charge in [-0.3, -0.25) is 0 Å². The molecule has 1 atom stereocenters. The van der Waals surface area contributed by atoms with E-state index in [4.69, 9.17) is 0 Å². The molecule has 1 aromatic rings. The summed E-state index contributed by atoms with van der Waals surface area (Å²) in [5, 5.41) is 0. The number of sulfonamides is 1. The molecule has 19 heavy (non-hydrogen) atoms. The molecule has 1 aromatic heterocycles. The Hall–Kier alpha value is -0.990. The molecule has 0 aliphatic carbocycles. The molecule has 0 bridgehead atoms. The van der Waals surface area contributed by atoms with Gasteiger partial charge in [-0.05, 0) is 11.8 Å². The van der Waals surface area contributed by atoms with Crippen molar-refractivity contribution in [3.63, 3.8) is 0 Å². The predicted octanol–water partition coefficient (Wildman–Crippen LogP) is 1.50. The maximum absolute atomic E-state index is 12.1. The van der Waals surface area contributed by atoms with Crippen LogP contribution in [0.25, 0.3) is 0 Å². The summed E-state index contributed by atoms with van der Waals surface area (Å²) < 4.78 is 31.1. The van der Waals surface area contributed by atoms with E-state index in [2.05, 4.69) is 14.4 Å². The highest BCUT2D eigenvalue weighted by atomic mass is 32.2. The summed E-state index contributed by atoms with van der Waals surface area (Å²) in [5.74, 6) is -0.188. The van der Waals surface area contributed by atoms with Crippen molar-refractivity contribution in [2.45, 2.75) is 25.0 Å². The van der Waals surface area contributed by atoms with Crippen molar-refractivity contribution >= 4 is 27.3 Å². The lowest BCUT2D eigenvalue weighted by Gasteiger charge is -2.15. The molecule has 0 saturated carbocycles. The Labute approximate surface area is 117 Å². The minimum absolute atomic E-state index is 0.102. The summed E-state index contributed by atoms with van der Waals surface area (Å²) >= 11 is 0.898. The van der Waals surface area contributed by atoms with Crippen molar-refractivity contribution in [1.29, 1.82) is 0 Å². The van der Waals surface area contributed by atoms with E-state index in [-0.39, 0.29) is 15.8 Å². The van der Waals surface area contributed by atoms with Crippen molar-refractivity contribution < 1.29 is 17.9 Å². The molecule has 0 aromatic carbocycles. The minimum Gasteiger partial charge on any atom is -0.464 e. The first-order chi connectivity index (χ1) is 8.79. The Morgan fingerprint density at radius 3 is 2.63 bits per heavy atom. The van der Waals surface area contributed by atoms with Crippen LogP contribution in [-0.2, 0) is 14.8 Å². The zero-order valence-electron chi connectivity index (χ0n) is 11.3. The first kappa shape index (κ1) is 16.1. The zero-order valence-corrected chi connectivity index (χ0v) is 13.0. The van der Waals surface area contributed by atoms with Crippen molar-refractivity contribution in [2.75, 3.05) is 13.7 Å². The molecule has 6 nitrogen and oxygen atoms in total. The van der Waals surface area contributed by atoms with Gasteiger partial charge in [-0.15, -0.1) is 11.3 Å². The second kappa shape index (κ2) is 6.44. The van der Waals surface area contributed by atoms with Gasteiger partial charge in [0, 0.05) is 6.54 Å². The Balaban J connectivity index is 2.90. The van der Waals surface area contributed by atoms with E-state index in [0.29, 0.717) is 12.5 Å². The summed E-state index contributed by atoms with van der Waals surface area (Å²) in [5.41, 5.74) is 1.14. The lowest BCUT2D eigenvalue weighted by molar-refractivity contribution is 0.0590. The fraction of sp³-hybridized carbons (Fsp3) is 0.636. The summed E-state index contributed by atoms with van der Waals surface area (Å²) in [4.78, 5) is 15.2. The lowest BCUT2D eigenvalue weighted by Crippen LogP contribution is -2.30. The van der Waals surface area contributed by atoms with Gasteiger partial charge >= 0.3 is 5.97 Å². The van der Waals surface area contributed by atoms with E-state index in [0.717, 1.165) is 11.3 Å². The van der Waals surface area contributed by atoms with Gasteiger partial charge in [-0.25, -0.2) is 22.9 Å². The molecule has 1 unspecified atom stereocenters. The Morgan fingerprint density at radius 2 is 2.11 bits per heavy atom. The third-order valence-electron chi connectivity index (χ3n) is 2.89. The maximum atomic E-state index is 12.1. The number of esters is 1. The summed E-state index contributed by atoms with van der Waals surface area (Å²) in [6.07, 6.45) is 0. The van der Waals surface area contributed by atoms with Gasteiger partial charge in [0.25, 0.3) is 10.0 Å². The number of carbonyl (C=O) groups excluding carboxylic acids is 1. The van der Waals surface area contributed by atoms with E-state index in [1.165, 1.54) is 12.6 Å². The summed E-state index contributed by atoms with van der Waals surface area (Å²) in [6.45, 7) is 6.32. The van der Waals surface area contributed by atoms with Gasteiger partial charge in [0.2, 0.25) is 0 Å². The number of hydrogen-bond acceptors (Lipinski definition) is 6. The first-order valence-corrected chi connectivity index (χ1v) is 8.17. The number of rotatable bonds is 6. The second-order valence-corrected chi connectivity index (χ2v) is 7.37. The van der Waals surface area contributed by atoms with Crippen LogP contribution in [0.3, 0.4) is 0 Å². The second-order valence-electron chi connectivity index (χ2n) is 4.55. The molecule has 0 aliphatic rings. The number of methoxy groups -OCH3 is 1. The molecule has 0 saturated heterocycles. The molecule has 0 amide bonds. The number of ether oxygens (including phenoxy) is 1. The highest BCUT2D eigenvalue weighted by Gasteiger charge is 2.26. The zero-order chi connectivity index (χ0) is 14.6. The smallest absolute Gasteiger partial charge is 0.358 e. The quantitative estimate of drug-likeness (QED) is 0.805. The monoisotopic (exact) mass is 306 g/mol. The fourth-order valence-corrected chi connectivity index (χ4v) is 3.52. The molecule has 1 N–H and O–H groups in total. The van der Waals surface area contributed by atoms with Crippen LogP contribution in [0.15, 0.2) is 9.72 Å². The molecular weight excluding hydrogens is 288 g/mol. The predicted molar refractivity (Wildman–Crippen MR) is 72.6 cm³/mol. The highest BCUT2D eigenvalue weighted by Crippen LogP contribution is 2.21. The van der Waals surface area contributed by atoms with Gasteiger partial charge in [0.15, 0.2) is 9.90 Å². The number of thiazole rings is 1. The molecule has 8 heteroatoms. The van der Waals surface area contributed by atoms with Crippen LogP contribution in [-0.4, -0.2) is 33.0 Å². The van der Waals surface area contributed by atoms with E-state index in [9.17, 15) is 13.2 Å². The van der Waals surface area contributed by atoms with E-state index < -0.39 is 16.0 Å². The Morgan fingerprint density at radius 1 is 1.47 bits per heavy atom. The van der Waals surface area contributed by atoms with Crippen molar-refractivity contribution in [3.05, 3.63) is 11.2 Å². The maximum Gasteiger partial charge on any atom is 0.358 e. The van der Waals surface area contributed by atoms with Gasteiger partial charge in [0.1, 0.15) is 0 Å². The van der Waals surface area contributed by atoms with Crippen LogP contribution in [0.2, 0.25) is 0 Å². The molecular formula is C11H18N2O4S2. The molecule has 0 aliphatic heterocycles. The topological polar surface area (TPSA) is 85.4 Å². The molecule has 0 radical (unpaired) electrons. The van der Waals surface area contributed by atoms with Crippen LogP contribution >= 0.6 is 11.3 Å². The van der Waals surface area contributed by atoms with Gasteiger partial charge < -0.3 is 4.74 Å². The van der Waals surface area contributed by atoms with Crippen LogP contribution in [0, 0.1) is 11.8 Å².